The van der Waals surface area contributed by atoms with Crippen molar-refractivity contribution in [1.29, 1.82) is 0 Å². The third-order valence-electron chi connectivity index (χ3n) is 3.59. The minimum atomic E-state index is -0.447. The molecule has 0 aromatic carbocycles. The molecule has 7 nitrogen and oxygen atoms in total. The zero-order valence-electron chi connectivity index (χ0n) is 11.5. The molecular weight excluding hydrogens is 260 g/mol. The number of nitrogens with zero attached hydrogens (tertiary/aromatic N) is 2. The molecule has 1 saturated carbocycles. The van der Waals surface area contributed by atoms with Crippen molar-refractivity contribution in [3.05, 3.63) is 22.2 Å². The van der Waals surface area contributed by atoms with E-state index in [0.717, 1.165) is 32.1 Å². The Balaban J connectivity index is 2.18. The van der Waals surface area contributed by atoms with Gasteiger partial charge in [0.1, 0.15) is 11.6 Å². The van der Waals surface area contributed by atoms with Crippen molar-refractivity contribution < 1.29 is 10.0 Å². The minimum absolute atomic E-state index is 0.0186. The van der Waals surface area contributed by atoms with Crippen molar-refractivity contribution in [2.45, 2.75) is 44.2 Å². The zero-order valence-corrected chi connectivity index (χ0v) is 11.5. The zero-order chi connectivity index (χ0) is 14.5. The molecule has 1 heterocycles. The first kappa shape index (κ1) is 14.5. The van der Waals surface area contributed by atoms with Crippen molar-refractivity contribution in [2.75, 3.05) is 17.7 Å². The monoisotopic (exact) mass is 280 g/mol. The summed E-state index contributed by atoms with van der Waals surface area (Å²) < 4.78 is 0. The van der Waals surface area contributed by atoms with Gasteiger partial charge in [0.2, 0.25) is 0 Å². The van der Waals surface area contributed by atoms with E-state index in [0.29, 0.717) is 11.6 Å². The van der Waals surface area contributed by atoms with Gasteiger partial charge >= 0.3 is 0 Å². The fourth-order valence-corrected chi connectivity index (χ4v) is 2.47. The Kier molecular flexibility index (Phi) is 4.73. The van der Waals surface area contributed by atoms with E-state index in [2.05, 4.69) is 15.6 Å². The molecule has 1 aromatic heterocycles. The molecule has 7 heteroatoms. The smallest absolute Gasteiger partial charge is 0.276 e. The molecule has 0 amide bonds. The molecule has 2 rings (SSSR count). The fraction of sp³-hybridized carbons (Fsp3) is 0.615. The van der Waals surface area contributed by atoms with E-state index >= 15 is 0 Å². The van der Waals surface area contributed by atoms with Gasteiger partial charge in [0, 0.05) is 7.05 Å². The van der Waals surface area contributed by atoms with E-state index in [1.807, 2.05) is 0 Å². The largest absolute Gasteiger partial charge is 0.391 e. The van der Waals surface area contributed by atoms with Crippen LogP contribution in [0.15, 0.2) is 12.1 Å². The van der Waals surface area contributed by atoms with E-state index in [1.54, 1.807) is 7.05 Å². The number of hydrogen-bond acceptors (Lipinski definition) is 6. The molecule has 0 saturated heterocycles. The lowest BCUT2D eigenvalue weighted by molar-refractivity contribution is -0.384. The number of anilines is 2. The van der Waals surface area contributed by atoms with E-state index in [9.17, 15) is 15.2 Å². The predicted octanol–water partition coefficient (Wildman–Crippen LogP) is 2.14. The minimum Gasteiger partial charge on any atom is -0.391 e. The third kappa shape index (κ3) is 3.57. The molecule has 2 atom stereocenters. The van der Waals surface area contributed by atoms with Gasteiger partial charge in [-0.25, -0.2) is 4.98 Å². The Labute approximate surface area is 117 Å². The molecule has 3 N–H and O–H groups in total. The maximum Gasteiger partial charge on any atom is 0.276 e. The van der Waals surface area contributed by atoms with Gasteiger partial charge < -0.3 is 15.7 Å². The first-order valence-corrected chi connectivity index (χ1v) is 6.89. The molecular formula is C13H20N4O3. The number of aliphatic hydroxyl groups excluding tert-OH is 1. The summed E-state index contributed by atoms with van der Waals surface area (Å²) in [5.74, 6) is 0.860. The van der Waals surface area contributed by atoms with E-state index in [4.69, 9.17) is 0 Å². The molecule has 2 unspecified atom stereocenters. The summed E-state index contributed by atoms with van der Waals surface area (Å²) in [6.07, 6.45) is 4.34. The van der Waals surface area contributed by atoms with Crippen LogP contribution in [0.3, 0.4) is 0 Å². The van der Waals surface area contributed by atoms with E-state index in [-0.39, 0.29) is 11.7 Å². The number of rotatable bonds is 4. The fourth-order valence-electron chi connectivity index (χ4n) is 2.47. The third-order valence-corrected chi connectivity index (χ3v) is 3.59. The first-order chi connectivity index (χ1) is 9.60. The van der Waals surface area contributed by atoms with Crippen molar-refractivity contribution in [1.82, 2.24) is 4.98 Å². The van der Waals surface area contributed by atoms with Crippen LogP contribution >= 0.6 is 0 Å². The summed E-state index contributed by atoms with van der Waals surface area (Å²) >= 11 is 0. The predicted molar refractivity (Wildman–Crippen MR) is 76.9 cm³/mol. The van der Waals surface area contributed by atoms with Crippen LogP contribution in [-0.4, -0.2) is 34.2 Å². The van der Waals surface area contributed by atoms with Crippen molar-refractivity contribution in [3.8, 4) is 0 Å². The molecule has 110 valence electrons. The standard InChI is InChI=1S/C13H20N4O3/c1-14-12-7-9(17(19)20)8-13(16-12)15-10-5-3-2-4-6-11(10)18/h7-8,10-11,18H,2-6H2,1H3,(H2,14,15,16). The molecule has 1 aromatic rings. The van der Waals surface area contributed by atoms with E-state index < -0.39 is 11.0 Å². The van der Waals surface area contributed by atoms with Gasteiger partial charge in [0.25, 0.3) is 5.69 Å². The average Bonchev–Trinajstić information content (AvgIpc) is 2.64. The Morgan fingerprint density at radius 3 is 2.70 bits per heavy atom. The Hall–Kier alpha value is -1.89. The number of hydrogen-bond donors (Lipinski definition) is 3. The molecule has 1 aliphatic carbocycles. The molecule has 0 radical (unpaired) electrons. The highest BCUT2D eigenvalue weighted by Gasteiger charge is 2.22. The lowest BCUT2D eigenvalue weighted by atomic mass is 10.1. The second-order valence-electron chi connectivity index (χ2n) is 5.06. The Morgan fingerprint density at radius 1 is 1.30 bits per heavy atom. The highest BCUT2D eigenvalue weighted by molar-refractivity contribution is 5.54. The van der Waals surface area contributed by atoms with Crippen molar-refractivity contribution in [3.63, 3.8) is 0 Å². The van der Waals surface area contributed by atoms with Gasteiger partial charge in [-0.2, -0.15) is 0 Å². The summed E-state index contributed by atoms with van der Waals surface area (Å²) in [5, 5.41) is 26.9. The van der Waals surface area contributed by atoms with Gasteiger partial charge in [-0.1, -0.05) is 19.3 Å². The maximum absolute atomic E-state index is 10.9. The van der Waals surface area contributed by atoms with Crippen LogP contribution in [0.1, 0.15) is 32.1 Å². The Morgan fingerprint density at radius 2 is 2.00 bits per heavy atom. The molecule has 0 aliphatic heterocycles. The number of pyridine rings is 1. The van der Waals surface area contributed by atoms with Gasteiger partial charge in [-0.15, -0.1) is 0 Å². The van der Waals surface area contributed by atoms with Gasteiger partial charge in [-0.3, -0.25) is 10.1 Å². The van der Waals surface area contributed by atoms with Crippen molar-refractivity contribution in [2.24, 2.45) is 0 Å². The van der Waals surface area contributed by atoms with Crippen LogP contribution in [-0.2, 0) is 0 Å². The molecule has 1 fully saturated rings. The van der Waals surface area contributed by atoms with Gasteiger partial charge in [0.15, 0.2) is 0 Å². The highest BCUT2D eigenvalue weighted by Crippen LogP contribution is 2.24. The summed E-state index contributed by atoms with van der Waals surface area (Å²) in [5.41, 5.74) is -0.0186. The van der Waals surface area contributed by atoms with Crippen LogP contribution < -0.4 is 10.6 Å². The van der Waals surface area contributed by atoms with Crippen LogP contribution in [0.4, 0.5) is 17.3 Å². The molecule has 20 heavy (non-hydrogen) atoms. The summed E-state index contributed by atoms with van der Waals surface area (Å²) in [7, 11) is 1.66. The summed E-state index contributed by atoms with van der Waals surface area (Å²) in [4.78, 5) is 14.7. The lowest BCUT2D eigenvalue weighted by Gasteiger charge is -2.22. The average molecular weight is 280 g/mol. The van der Waals surface area contributed by atoms with Crippen LogP contribution in [0.25, 0.3) is 0 Å². The number of nitrogens with one attached hydrogen (secondary N) is 2. The van der Waals surface area contributed by atoms with Crippen molar-refractivity contribution >= 4 is 17.3 Å². The molecule has 0 spiro atoms. The second-order valence-corrected chi connectivity index (χ2v) is 5.06. The second kappa shape index (κ2) is 6.51. The highest BCUT2D eigenvalue weighted by atomic mass is 16.6. The summed E-state index contributed by atoms with van der Waals surface area (Å²) in [6.45, 7) is 0. The maximum atomic E-state index is 10.9. The van der Waals surface area contributed by atoms with E-state index in [1.165, 1.54) is 12.1 Å². The SMILES string of the molecule is CNc1cc([N+](=O)[O-])cc(NC2CCCCCC2O)n1. The number of aromatic nitrogens is 1. The first-order valence-electron chi connectivity index (χ1n) is 6.89. The van der Waals surface area contributed by atoms with Crippen LogP contribution in [0.5, 0.6) is 0 Å². The molecule has 1 aliphatic rings. The van der Waals surface area contributed by atoms with Gasteiger partial charge in [-0.05, 0) is 12.8 Å². The lowest BCUT2D eigenvalue weighted by Crippen LogP contribution is -2.32. The van der Waals surface area contributed by atoms with Gasteiger partial charge in [0.05, 0.1) is 29.2 Å². The normalized spacial score (nSPS) is 22.9. The quantitative estimate of drug-likeness (QED) is 0.444. The summed E-state index contributed by atoms with van der Waals surface area (Å²) in [6, 6.07) is 2.68. The number of aliphatic hydroxyl groups is 1. The Bertz CT molecular complexity index is 481. The van der Waals surface area contributed by atoms with Crippen LogP contribution in [0.2, 0.25) is 0 Å². The van der Waals surface area contributed by atoms with Crippen LogP contribution in [0, 0.1) is 10.1 Å². The number of nitro groups is 1. The topological polar surface area (TPSA) is 100 Å². The molecule has 0 bridgehead atoms.